The number of amides is 2. The van der Waals surface area contributed by atoms with Crippen LogP contribution in [0.2, 0.25) is 0 Å². The highest BCUT2D eigenvalue weighted by atomic mass is 16.5. The van der Waals surface area contributed by atoms with Crippen LogP contribution in [0.3, 0.4) is 0 Å². The van der Waals surface area contributed by atoms with Crippen LogP contribution in [0.25, 0.3) is 22.3 Å². The molecule has 2 aromatic heterocycles. The molecule has 4 aromatic rings. The van der Waals surface area contributed by atoms with Crippen LogP contribution < -0.4 is 15.4 Å². The van der Waals surface area contributed by atoms with Gasteiger partial charge >= 0.3 is 0 Å². The predicted molar refractivity (Wildman–Crippen MR) is 138 cm³/mol. The van der Waals surface area contributed by atoms with Gasteiger partial charge in [-0.3, -0.25) is 14.9 Å². The number of nitrogens with zero attached hydrogens (tertiary/aromatic N) is 4. The lowest BCUT2D eigenvalue weighted by molar-refractivity contribution is -0.111. The van der Waals surface area contributed by atoms with Crippen molar-refractivity contribution in [1.29, 1.82) is 0 Å². The Hall–Kier alpha value is -4.53. The lowest BCUT2D eigenvalue weighted by atomic mass is 10.0. The Bertz CT molecular complexity index is 1460. The number of aromatic nitrogens is 4. The number of hydrogen-bond acceptors (Lipinski definition) is 6. The van der Waals surface area contributed by atoms with Crippen LogP contribution in [-0.4, -0.2) is 38.2 Å². The Morgan fingerprint density at radius 3 is 2.92 bits per heavy atom. The number of fused-ring (bicyclic) bond motifs is 7. The monoisotopic (exact) mass is 482 g/mol. The second kappa shape index (κ2) is 9.99. The van der Waals surface area contributed by atoms with Crippen molar-refractivity contribution in [3.8, 4) is 17.0 Å². The number of carbonyl (C=O) groups is 2. The van der Waals surface area contributed by atoms with Crippen LogP contribution in [-0.2, 0) is 11.3 Å². The first-order valence-electron chi connectivity index (χ1n) is 11.8. The lowest BCUT2D eigenvalue weighted by Crippen LogP contribution is -2.18. The van der Waals surface area contributed by atoms with Crippen LogP contribution in [0.1, 0.15) is 30.1 Å². The maximum atomic E-state index is 13.5. The molecule has 0 aliphatic carbocycles. The van der Waals surface area contributed by atoms with Gasteiger partial charge in [0.2, 0.25) is 11.9 Å². The van der Waals surface area contributed by atoms with Crippen LogP contribution in [0.4, 0.5) is 11.6 Å². The first-order chi connectivity index (χ1) is 17.5. The van der Waals surface area contributed by atoms with Crippen molar-refractivity contribution in [1.82, 2.24) is 19.7 Å². The molecule has 1 aliphatic rings. The van der Waals surface area contributed by atoms with Gasteiger partial charge in [-0.05, 0) is 55.2 Å². The molecule has 5 rings (SSSR count). The second-order valence-corrected chi connectivity index (χ2v) is 8.82. The summed E-state index contributed by atoms with van der Waals surface area (Å²) in [5.41, 5.74) is 3.57. The predicted octanol–water partition coefficient (Wildman–Crippen LogP) is 4.68. The van der Waals surface area contributed by atoms with E-state index in [2.05, 4.69) is 39.3 Å². The maximum Gasteiger partial charge on any atom is 0.258 e. The van der Waals surface area contributed by atoms with E-state index in [0.717, 1.165) is 23.9 Å². The number of ether oxygens (including phenoxy) is 1. The van der Waals surface area contributed by atoms with Gasteiger partial charge in [-0.1, -0.05) is 25.6 Å². The fourth-order valence-electron chi connectivity index (χ4n) is 4.34. The molecule has 0 saturated carbocycles. The lowest BCUT2D eigenvalue weighted by Gasteiger charge is -2.16. The molecule has 0 radical (unpaired) electrons. The quantitative estimate of drug-likeness (QED) is 0.402. The van der Waals surface area contributed by atoms with Crippen molar-refractivity contribution in [3.05, 3.63) is 72.9 Å². The molecule has 2 N–H and O–H groups in total. The maximum absolute atomic E-state index is 13.5. The minimum Gasteiger partial charge on any atom is -0.491 e. The third-order valence-corrected chi connectivity index (χ3v) is 6.08. The molecule has 2 amide bonds. The Balaban J connectivity index is 1.63. The van der Waals surface area contributed by atoms with Crippen LogP contribution in [0.15, 0.2) is 67.4 Å². The zero-order chi connectivity index (χ0) is 25.1. The SMILES string of the molecule is C=CC(=O)Nc1cc2cc(c1)-c1nnccc1OCCC[C@@H](C)Cn1c(nc3ccccc31)NC2=O. The number of nitrogens with one attached hydrogen (secondary N) is 2. The summed E-state index contributed by atoms with van der Waals surface area (Å²) in [5, 5.41) is 14.0. The zero-order valence-electron chi connectivity index (χ0n) is 19.9. The minimum absolute atomic E-state index is 0.323. The van der Waals surface area contributed by atoms with E-state index in [1.54, 1.807) is 30.5 Å². The number of carbonyl (C=O) groups excluding carboxylic acids is 2. The molecule has 2 aromatic carbocycles. The molecule has 2 bridgehead atoms. The molecule has 36 heavy (non-hydrogen) atoms. The molecule has 9 nitrogen and oxygen atoms in total. The summed E-state index contributed by atoms with van der Waals surface area (Å²) in [6, 6.07) is 14.6. The fraction of sp³-hybridized carbons (Fsp3) is 0.222. The van der Waals surface area contributed by atoms with Crippen molar-refractivity contribution in [2.45, 2.75) is 26.3 Å². The van der Waals surface area contributed by atoms with Gasteiger partial charge in [-0.2, -0.15) is 5.10 Å². The van der Waals surface area contributed by atoms with E-state index in [0.29, 0.717) is 53.3 Å². The number of anilines is 2. The first-order valence-corrected chi connectivity index (χ1v) is 11.8. The molecular weight excluding hydrogens is 456 g/mol. The standard InChI is InChI=1S/C27H26N6O3/c1-3-24(34)29-20-14-18-13-19(15-20)26(35)31-27-30-21-8-4-5-9-22(21)33(27)16-17(2)7-6-12-36-23-10-11-28-32-25(18)23/h3-5,8-11,13-15,17H,1,6-7,12,16H2,2H3,(H,29,34)(H,30,31,35)/t17-/m1/s1. The molecule has 0 fully saturated rings. The van der Waals surface area contributed by atoms with Gasteiger partial charge in [-0.25, -0.2) is 4.98 Å². The highest BCUT2D eigenvalue weighted by Gasteiger charge is 2.20. The van der Waals surface area contributed by atoms with Gasteiger partial charge in [0.05, 0.1) is 23.8 Å². The van der Waals surface area contributed by atoms with Gasteiger partial charge < -0.3 is 14.6 Å². The smallest absolute Gasteiger partial charge is 0.258 e. The van der Waals surface area contributed by atoms with Crippen LogP contribution in [0.5, 0.6) is 5.75 Å². The van der Waals surface area contributed by atoms with E-state index in [-0.39, 0.29) is 5.91 Å². The molecule has 9 heteroatoms. The van der Waals surface area contributed by atoms with Crippen LogP contribution in [0, 0.1) is 5.92 Å². The Kier molecular flexibility index (Phi) is 6.44. The Morgan fingerprint density at radius 2 is 2.06 bits per heavy atom. The zero-order valence-corrected chi connectivity index (χ0v) is 19.9. The van der Waals surface area contributed by atoms with Gasteiger partial charge in [0.15, 0.2) is 0 Å². The Labute approximate surface area is 208 Å². The highest BCUT2D eigenvalue weighted by molar-refractivity contribution is 6.07. The van der Waals surface area contributed by atoms with E-state index in [1.807, 2.05) is 28.8 Å². The minimum atomic E-state index is -0.393. The van der Waals surface area contributed by atoms with E-state index < -0.39 is 5.91 Å². The van der Waals surface area contributed by atoms with Gasteiger partial charge in [0.1, 0.15) is 11.4 Å². The van der Waals surface area contributed by atoms with Crippen molar-refractivity contribution in [2.75, 3.05) is 17.2 Å². The second-order valence-electron chi connectivity index (χ2n) is 8.82. The van der Waals surface area contributed by atoms with E-state index in [1.165, 1.54) is 6.08 Å². The van der Waals surface area contributed by atoms with Crippen molar-refractivity contribution >= 4 is 34.5 Å². The third kappa shape index (κ3) is 4.81. The molecule has 1 atom stereocenters. The summed E-state index contributed by atoms with van der Waals surface area (Å²) in [4.78, 5) is 30.2. The molecule has 1 aliphatic heterocycles. The van der Waals surface area contributed by atoms with Crippen LogP contribution >= 0.6 is 0 Å². The van der Waals surface area contributed by atoms with E-state index in [4.69, 9.17) is 4.74 Å². The number of benzene rings is 2. The van der Waals surface area contributed by atoms with Crippen molar-refractivity contribution < 1.29 is 14.3 Å². The number of hydrogen-bond donors (Lipinski definition) is 2. The van der Waals surface area contributed by atoms with E-state index in [9.17, 15) is 9.59 Å². The highest BCUT2D eigenvalue weighted by Crippen LogP contribution is 2.31. The summed E-state index contributed by atoms with van der Waals surface area (Å²) in [6.45, 7) is 6.89. The Morgan fingerprint density at radius 1 is 1.22 bits per heavy atom. The first kappa shape index (κ1) is 23.2. The van der Waals surface area contributed by atoms with Gasteiger partial charge in [0, 0.05) is 29.4 Å². The van der Waals surface area contributed by atoms with Crippen molar-refractivity contribution in [2.24, 2.45) is 5.92 Å². The van der Waals surface area contributed by atoms with Gasteiger partial charge in [-0.15, -0.1) is 5.10 Å². The van der Waals surface area contributed by atoms with E-state index >= 15 is 0 Å². The molecule has 0 spiro atoms. The van der Waals surface area contributed by atoms with Crippen molar-refractivity contribution in [3.63, 3.8) is 0 Å². The number of imidazole rings is 1. The molecule has 3 heterocycles. The summed E-state index contributed by atoms with van der Waals surface area (Å²) in [7, 11) is 0. The number of rotatable bonds is 2. The normalized spacial score (nSPS) is 15.9. The largest absolute Gasteiger partial charge is 0.491 e. The topological polar surface area (TPSA) is 111 Å². The average Bonchev–Trinajstić information content (AvgIpc) is 3.22. The fourth-order valence-corrected chi connectivity index (χ4v) is 4.34. The molecule has 0 unspecified atom stereocenters. The average molecular weight is 483 g/mol. The summed E-state index contributed by atoms with van der Waals surface area (Å²) in [6.07, 6.45) is 4.51. The summed E-state index contributed by atoms with van der Waals surface area (Å²) < 4.78 is 8.12. The molecule has 182 valence electrons. The summed E-state index contributed by atoms with van der Waals surface area (Å²) >= 11 is 0. The summed E-state index contributed by atoms with van der Waals surface area (Å²) in [5.74, 6) is 0.599. The molecular formula is C27H26N6O3. The third-order valence-electron chi connectivity index (χ3n) is 6.08. The van der Waals surface area contributed by atoms with Gasteiger partial charge in [0.25, 0.3) is 5.91 Å². The molecule has 0 saturated heterocycles. The number of para-hydroxylation sites is 2.